The van der Waals surface area contributed by atoms with Crippen LogP contribution in [0.1, 0.15) is 42.9 Å². The number of benzene rings is 1. The van der Waals surface area contributed by atoms with Gasteiger partial charge in [-0.2, -0.15) is 0 Å². The molecule has 1 aliphatic rings. The first-order valence-electron chi connectivity index (χ1n) is 6.49. The summed E-state index contributed by atoms with van der Waals surface area (Å²) >= 11 is 0. The first-order valence-corrected chi connectivity index (χ1v) is 6.49. The molecule has 1 aromatic carbocycles. The van der Waals surface area contributed by atoms with Crippen LogP contribution in [0.2, 0.25) is 0 Å². The largest absolute Gasteiger partial charge is 0.460 e. The van der Waals surface area contributed by atoms with Crippen molar-refractivity contribution >= 4 is 11.0 Å². The van der Waals surface area contributed by atoms with Crippen molar-refractivity contribution in [1.29, 1.82) is 0 Å². The van der Waals surface area contributed by atoms with Gasteiger partial charge in [-0.15, -0.1) is 0 Å². The monoisotopic (exact) mass is 229 g/mol. The highest BCUT2D eigenvalue weighted by molar-refractivity contribution is 5.82. The molecule has 2 aromatic rings. The van der Waals surface area contributed by atoms with Crippen molar-refractivity contribution < 1.29 is 4.42 Å². The summed E-state index contributed by atoms with van der Waals surface area (Å²) in [6.07, 6.45) is 4.59. The number of furan rings is 1. The number of rotatable bonds is 1. The molecule has 0 radical (unpaired) electrons. The van der Waals surface area contributed by atoms with E-state index in [2.05, 4.69) is 25.1 Å². The van der Waals surface area contributed by atoms with Crippen molar-refractivity contribution in [3.8, 4) is 0 Å². The van der Waals surface area contributed by atoms with E-state index in [9.17, 15) is 0 Å². The van der Waals surface area contributed by atoms with Gasteiger partial charge in [-0.1, -0.05) is 18.2 Å². The molecule has 0 bridgehead atoms. The molecule has 2 heteroatoms. The van der Waals surface area contributed by atoms with Crippen LogP contribution in [0.3, 0.4) is 0 Å². The number of fused-ring (bicyclic) bond motifs is 1. The van der Waals surface area contributed by atoms with Gasteiger partial charge in [0.25, 0.3) is 0 Å². The van der Waals surface area contributed by atoms with Crippen LogP contribution in [0.5, 0.6) is 0 Å². The molecule has 0 atom stereocenters. The van der Waals surface area contributed by atoms with E-state index in [1.54, 1.807) is 0 Å². The second-order valence-electron chi connectivity index (χ2n) is 5.20. The second-order valence-corrected chi connectivity index (χ2v) is 5.20. The van der Waals surface area contributed by atoms with Crippen LogP contribution in [0.15, 0.2) is 28.7 Å². The minimum atomic E-state index is 0.399. The van der Waals surface area contributed by atoms with Crippen LogP contribution in [-0.2, 0) is 0 Å². The molecule has 0 spiro atoms. The Balaban J connectivity index is 1.97. The first kappa shape index (κ1) is 10.8. The van der Waals surface area contributed by atoms with Crippen LogP contribution in [-0.4, -0.2) is 6.04 Å². The van der Waals surface area contributed by atoms with Gasteiger partial charge in [-0.25, -0.2) is 0 Å². The molecule has 0 aliphatic heterocycles. The van der Waals surface area contributed by atoms with E-state index < -0.39 is 0 Å². The lowest BCUT2D eigenvalue weighted by molar-refractivity contribution is 0.353. The smallest absolute Gasteiger partial charge is 0.134 e. The van der Waals surface area contributed by atoms with Gasteiger partial charge in [-0.05, 0) is 44.2 Å². The third-order valence-electron chi connectivity index (χ3n) is 4.02. The number of aryl methyl sites for hydroxylation is 1. The topological polar surface area (TPSA) is 39.2 Å². The molecule has 0 unspecified atom stereocenters. The molecule has 2 N–H and O–H groups in total. The SMILES string of the molecule is Cc1c(C2CCC(N)CC2)oc2ccccc12. The average Bonchev–Trinajstić information content (AvgIpc) is 2.69. The summed E-state index contributed by atoms with van der Waals surface area (Å²) in [6.45, 7) is 2.18. The van der Waals surface area contributed by atoms with Crippen molar-refractivity contribution in [1.82, 2.24) is 0 Å². The number of para-hydroxylation sites is 1. The Morgan fingerprint density at radius 3 is 2.53 bits per heavy atom. The molecule has 2 nitrogen and oxygen atoms in total. The lowest BCUT2D eigenvalue weighted by Crippen LogP contribution is -2.25. The van der Waals surface area contributed by atoms with Gasteiger partial charge in [0.05, 0.1) is 0 Å². The number of hydrogen-bond acceptors (Lipinski definition) is 2. The van der Waals surface area contributed by atoms with Crippen LogP contribution in [0, 0.1) is 6.92 Å². The van der Waals surface area contributed by atoms with Gasteiger partial charge in [0, 0.05) is 17.3 Å². The molecule has 3 rings (SSSR count). The minimum Gasteiger partial charge on any atom is -0.460 e. The van der Waals surface area contributed by atoms with Crippen molar-refractivity contribution in [3.63, 3.8) is 0 Å². The molecule has 90 valence electrons. The zero-order valence-corrected chi connectivity index (χ0v) is 10.3. The van der Waals surface area contributed by atoms with Gasteiger partial charge >= 0.3 is 0 Å². The van der Waals surface area contributed by atoms with Gasteiger partial charge in [0.15, 0.2) is 0 Å². The molecule has 0 amide bonds. The van der Waals surface area contributed by atoms with Crippen LogP contribution < -0.4 is 5.73 Å². The standard InChI is InChI=1S/C15H19NO/c1-10-13-4-2-3-5-14(13)17-15(10)11-6-8-12(16)9-7-11/h2-5,11-12H,6-9,16H2,1H3. The predicted molar refractivity (Wildman–Crippen MR) is 70.1 cm³/mol. The Morgan fingerprint density at radius 2 is 1.82 bits per heavy atom. The molecule has 1 aliphatic carbocycles. The maximum Gasteiger partial charge on any atom is 0.134 e. The third-order valence-corrected chi connectivity index (χ3v) is 4.02. The quantitative estimate of drug-likeness (QED) is 0.809. The average molecular weight is 229 g/mol. The Labute approximate surface area is 102 Å². The fourth-order valence-electron chi connectivity index (χ4n) is 2.96. The van der Waals surface area contributed by atoms with Gasteiger partial charge in [0.2, 0.25) is 0 Å². The fraction of sp³-hybridized carbons (Fsp3) is 0.467. The molecular weight excluding hydrogens is 210 g/mol. The minimum absolute atomic E-state index is 0.399. The Kier molecular flexibility index (Phi) is 2.67. The highest BCUT2D eigenvalue weighted by Gasteiger charge is 2.24. The van der Waals surface area contributed by atoms with E-state index in [4.69, 9.17) is 10.2 Å². The van der Waals surface area contributed by atoms with Crippen LogP contribution in [0.4, 0.5) is 0 Å². The molecule has 1 aromatic heterocycles. The normalized spacial score (nSPS) is 25.3. The number of nitrogens with two attached hydrogens (primary N) is 1. The summed E-state index contributed by atoms with van der Waals surface area (Å²) in [5, 5.41) is 1.26. The van der Waals surface area contributed by atoms with E-state index in [-0.39, 0.29) is 0 Å². The second kappa shape index (κ2) is 4.19. The van der Waals surface area contributed by atoms with Crippen molar-refractivity contribution in [2.24, 2.45) is 5.73 Å². The maximum absolute atomic E-state index is 6.03. The molecule has 0 saturated heterocycles. The molecule has 1 saturated carbocycles. The predicted octanol–water partition coefficient (Wildman–Crippen LogP) is 3.73. The Bertz CT molecular complexity index is 521. The van der Waals surface area contributed by atoms with Crippen molar-refractivity contribution in [2.75, 3.05) is 0 Å². The lowest BCUT2D eigenvalue weighted by Gasteiger charge is -2.24. The first-order chi connectivity index (χ1) is 8.25. The Morgan fingerprint density at radius 1 is 1.12 bits per heavy atom. The zero-order chi connectivity index (χ0) is 11.8. The van der Waals surface area contributed by atoms with Gasteiger partial charge in [-0.3, -0.25) is 0 Å². The third kappa shape index (κ3) is 1.87. The van der Waals surface area contributed by atoms with Crippen molar-refractivity contribution in [2.45, 2.75) is 44.6 Å². The van der Waals surface area contributed by atoms with Crippen LogP contribution >= 0.6 is 0 Å². The summed E-state index contributed by atoms with van der Waals surface area (Å²) in [7, 11) is 0. The summed E-state index contributed by atoms with van der Waals surface area (Å²) in [4.78, 5) is 0. The molecule has 1 fully saturated rings. The summed E-state index contributed by atoms with van der Waals surface area (Å²) in [5.74, 6) is 1.76. The lowest BCUT2D eigenvalue weighted by atomic mass is 9.84. The molecule has 1 heterocycles. The zero-order valence-electron chi connectivity index (χ0n) is 10.3. The molecule has 17 heavy (non-hydrogen) atoms. The van der Waals surface area contributed by atoms with E-state index in [1.807, 2.05) is 6.07 Å². The Hall–Kier alpha value is -1.28. The van der Waals surface area contributed by atoms with E-state index in [0.717, 1.165) is 18.4 Å². The van der Waals surface area contributed by atoms with Crippen LogP contribution in [0.25, 0.3) is 11.0 Å². The summed E-state index contributed by atoms with van der Waals surface area (Å²) in [5.41, 5.74) is 8.30. The van der Waals surface area contributed by atoms with E-state index in [1.165, 1.54) is 29.6 Å². The summed E-state index contributed by atoms with van der Waals surface area (Å²) < 4.78 is 6.03. The highest BCUT2D eigenvalue weighted by atomic mass is 16.3. The fourth-order valence-corrected chi connectivity index (χ4v) is 2.96. The van der Waals surface area contributed by atoms with Gasteiger partial charge < -0.3 is 10.2 Å². The highest BCUT2D eigenvalue weighted by Crippen LogP contribution is 2.38. The van der Waals surface area contributed by atoms with E-state index in [0.29, 0.717) is 12.0 Å². The number of hydrogen-bond donors (Lipinski definition) is 1. The van der Waals surface area contributed by atoms with Gasteiger partial charge in [0.1, 0.15) is 11.3 Å². The van der Waals surface area contributed by atoms with E-state index >= 15 is 0 Å². The summed E-state index contributed by atoms with van der Waals surface area (Å²) in [6, 6.07) is 8.71. The maximum atomic E-state index is 6.03. The molecular formula is C15H19NO. The van der Waals surface area contributed by atoms with Crippen molar-refractivity contribution in [3.05, 3.63) is 35.6 Å².